The monoisotopic (exact) mass is 773 g/mol. The van der Waals surface area contributed by atoms with Gasteiger partial charge in [0, 0.05) is 5.41 Å². The number of nitriles is 1. The summed E-state index contributed by atoms with van der Waals surface area (Å²) in [5, 5.41) is 9.57. The molecule has 0 saturated heterocycles. The molecule has 0 N–H and O–H groups in total. The molecule has 1 nitrogen and oxygen atoms in total. The molecule has 0 unspecified atom stereocenters. The number of nitrogens with zero attached hydrogens (tertiary/aromatic N) is 1. The molecule has 59 heavy (non-hydrogen) atoms. The van der Waals surface area contributed by atoms with Crippen molar-refractivity contribution in [3.63, 3.8) is 0 Å². The molecule has 1 aliphatic carbocycles. The third kappa shape index (κ3) is 10.1. The molecule has 0 fully saturated rings. The van der Waals surface area contributed by atoms with Gasteiger partial charge in [-0.3, -0.25) is 0 Å². The van der Waals surface area contributed by atoms with Gasteiger partial charge in [-0.1, -0.05) is 205 Å². The summed E-state index contributed by atoms with van der Waals surface area (Å²) in [7, 11) is 0. The first-order valence-corrected chi connectivity index (χ1v) is 22.7. The van der Waals surface area contributed by atoms with Crippen molar-refractivity contribution in [1.29, 1.82) is 5.26 Å². The van der Waals surface area contributed by atoms with Crippen molar-refractivity contribution < 1.29 is 0 Å². The molecule has 300 valence electrons. The highest BCUT2D eigenvalue weighted by molar-refractivity contribution is 5.87. The fourth-order valence-corrected chi connectivity index (χ4v) is 9.39. The number of hydrogen-bond donors (Lipinski definition) is 0. The maximum Gasteiger partial charge on any atom is 0.0991 e. The zero-order valence-electron chi connectivity index (χ0n) is 36.1. The van der Waals surface area contributed by atoms with Gasteiger partial charge in [0.1, 0.15) is 0 Å². The Balaban J connectivity index is 1.28. The molecule has 0 spiro atoms. The smallest absolute Gasteiger partial charge is 0.0991 e. The second kappa shape index (κ2) is 20.0. The van der Waals surface area contributed by atoms with Crippen molar-refractivity contribution in [1.82, 2.24) is 0 Å². The molecule has 0 aliphatic heterocycles. The van der Waals surface area contributed by atoms with E-state index in [1.807, 2.05) is 12.1 Å². The second-order valence-electron chi connectivity index (χ2n) is 17.3. The van der Waals surface area contributed by atoms with E-state index in [4.69, 9.17) is 0 Å². The molecular weight excluding hydrogens is 711 g/mol. The average molecular weight is 774 g/mol. The van der Waals surface area contributed by atoms with Crippen molar-refractivity contribution in [3.8, 4) is 50.6 Å². The van der Waals surface area contributed by atoms with Crippen molar-refractivity contribution in [3.05, 3.63) is 166 Å². The Morgan fingerprint density at radius 3 is 1.39 bits per heavy atom. The normalized spacial score (nSPS) is 12.7. The zero-order chi connectivity index (χ0) is 41.0. The molecule has 6 aromatic rings. The predicted octanol–water partition coefficient (Wildman–Crippen LogP) is 17.1. The van der Waals surface area contributed by atoms with E-state index < -0.39 is 0 Å². The van der Waals surface area contributed by atoms with E-state index in [-0.39, 0.29) is 5.41 Å². The first kappa shape index (κ1) is 41.7. The van der Waals surface area contributed by atoms with Crippen LogP contribution < -0.4 is 0 Å². The maximum atomic E-state index is 9.57. The van der Waals surface area contributed by atoms with Gasteiger partial charge < -0.3 is 0 Å². The first-order chi connectivity index (χ1) is 28.9. The van der Waals surface area contributed by atoms with Crippen LogP contribution >= 0.6 is 0 Å². The number of hydrogen-bond acceptors (Lipinski definition) is 1. The van der Waals surface area contributed by atoms with Crippen molar-refractivity contribution >= 4 is 12.2 Å². The van der Waals surface area contributed by atoms with Gasteiger partial charge in [0.25, 0.3) is 0 Å². The van der Waals surface area contributed by atoms with Crippen LogP contribution in [0.5, 0.6) is 0 Å². The summed E-state index contributed by atoms with van der Waals surface area (Å²) < 4.78 is 0. The molecule has 0 atom stereocenters. The van der Waals surface area contributed by atoms with Gasteiger partial charge >= 0.3 is 0 Å². The lowest BCUT2D eigenvalue weighted by Crippen LogP contribution is -2.25. The molecule has 0 bridgehead atoms. The second-order valence-corrected chi connectivity index (χ2v) is 17.3. The highest BCUT2D eigenvalue weighted by atomic mass is 14.5. The van der Waals surface area contributed by atoms with E-state index >= 15 is 0 Å². The standard InChI is InChI=1S/C58H63N/c1-5-7-9-11-13-15-35-58(36-16-14-12-10-8-6-2)56-37-44(4)19-33-54(56)55-34-32-50(41-57(55)58)53-39-51(38-52(40-53)49-30-26-47(42-59)27-31-49)48-28-24-46(25-29-48)23-22-45-20-17-43(3)18-21-45/h17-34,37-41H,5-16,35-36H2,1-4H3/b23-22+. The highest BCUT2D eigenvalue weighted by Crippen LogP contribution is 2.55. The average Bonchev–Trinajstić information content (AvgIpc) is 3.53. The minimum atomic E-state index is 0.0255. The lowest BCUT2D eigenvalue weighted by molar-refractivity contribution is 0.398. The van der Waals surface area contributed by atoms with Crippen LogP contribution in [0.2, 0.25) is 0 Å². The highest BCUT2D eigenvalue weighted by Gasteiger charge is 2.42. The van der Waals surface area contributed by atoms with Crippen LogP contribution in [0.1, 0.15) is 143 Å². The van der Waals surface area contributed by atoms with Crippen molar-refractivity contribution in [2.24, 2.45) is 0 Å². The van der Waals surface area contributed by atoms with Gasteiger partial charge in [0.05, 0.1) is 11.6 Å². The molecule has 1 aliphatic rings. The van der Waals surface area contributed by atoms with Crippen LogP contribution in [-0.2, 0) is 5.41 Å². The lowest BCUT2D eigenvalue weighted by atomic mass is 9.70. The Bertz CT molecular complexity index is 2350. The third-order valence-corrected chi connectivity index (χ3v) is 12.8. The van der Waals surface area contributed by atoms with Crippen LogP contribution in [0.3, 0.4) is 0 Å². The fraction of sp³-hybridized carbons (Fsp3) is 0.328. The van der Waals surface area contributed by atoms with Crippen LogP contribution in [0.25, 0.3) is 56.7 Å². The van der Waals surface area contributed by atoms with E-state index in [1.54, 1.807) is 5.56 Å². The lowest BCUT2D eigenvalue weighted by Gasteiger charge is -2.33. The van der Waals surface area contributed by atoms with Gasteiger partial charge in [0.2, 0.25) is 0 Å². The Morgan fingerprint density at radius 2 is 0.847 bits per heavy atom. The quantitative estimate of drug-likeness (QED) is 0.0594. The van der Waals surface area contributed by atoms with Crippen LogP contribution in [0.4, 0.5) is 0 Å². The Kier molecular flexibility index (Phi) is 14.1. The van der Waals surface area contributed by atoms with Crippen molar-refractivity contribution in [2.75, 3.05) is 0 Å². The molecule has 1 heteroatoms. The Morgan fingerprint density at radius 1 is 0.424 bits per heavy atom. The van der Waals surface area contributed by atoms with Gasteiger partial charge in [0.15, 0.2) is 0 Å². The summed E-state index contributed by atoms with van der Waals surface area (Å²) in [6, 6.07) is 49.7. The number of unbranched alkanes of at least 4 members (excludes halogenated alkanes) is 10. The van der Waals surface area contributed by atoms with Crippen LogP contribution in [0, 0.1) is 25.2 Å². The molecular formula is C58H63N. The summed E-state index contributed by atoms with van der Waals surface area (Å²) >= 11 is 0. The predicted molar refractivity (Wildman–Crippen MR) is 255 cm³/mol. The summed E-state index contributed by atoms with van der Waals surface area (Å²) in [5.74, 6) is 0. The summed E-state index contributed by atoms with van der Waals surface area (Å²) in [6.07, 6.45) is 22.6. The van der Waals surface area contributed by atoms with E-state index in [2.05, 4.69) is 161 Å². The minimum Gasteiger partial charge on any atom is -0.192 e. The van der Waals surface area contributed by atoms with E-state index in [9.17, 15) is 5.26 Å². The van der Waals surface area contributed by atoms with Crippen LogP contribution in [0.15, 0.2) is 127 Å². The number of fused-ring (bicyclic) bond motifs is 3. The summed E-state index contributed by atoms with van der Waals surface area (Å²) in [6.45, 7) is 9.03. The number of aryl methyl sites for hydroxylation is 2. The number of benzene rings is 6. The number of rotatable bonds is 19. The fourth-order valence-electron chi connectivity index (χ4n) is 9.39. The minimum absolute atomic E-state index is 0.0255. The topological polar surface area (TPSA) is 23.8 Å². The van der Waals surface area contributed by atoms with Crippen LogP contribution in [-0.4, -0.2) is 0 Å². The van der Waals surface area contributed by atoms with E-state index in [0.717, 1.165) is 11.1 Å². The zero-order valence-corrected chi connectivity index (χ0v) is 36.1. The van der Waals surface area contributed by atoms with Gasteiger partial charge in [-0.05, 0) is 130 Å². The van der Waals surface area contributed by atoms with Gasteiger partial charge in [-0.25, -0.2) is 0 Å². The van der Waals surface area contributed by atoms with Crippen molar-refractivity contribution in [2.45, 2.75) is 123 Å². The summed E-state index contributed by atoms with van der Waals surface area (Å²) in [4.78, 5) is 0. The van der Waals surface area contributed by atoms with E-state index in [1.165, 1.54) is 151 Å². The first-order valence-electron chi connectivity index (χ1n) is 22.7. The molecule has 0 aromatic heterocycles. The Labute approximate surface area is 355 Å². The molecule has 0 radical (unpaired) electrons. The van der Waals surface area contributed by atoms with E-state index in [0.29, 0.717) is 5.56 Å². The summed E-state index contributed by atoms with van der Waals surface area (Å²) in [5.41, 5.74) is 18.9. The van der Waals surface area contributed by atoms with Gasteiger partial charge in [-0.2, -0.15) is 5.26 Å². The Hall–Kier alpha value is -5.45. The molecule has 7 rings (SSSR count). The molecule has 0 saturated carbocycles. The third-order valence-electron chi connectivity index (χ3n) is 12.8. The molecule has 0 heterocycles. The SMILES string of the molecule is CCCCCCCCC1(CCCCCCCC)c2cc(C)ccc2-c2ccc(-c3cc(-c4ccc(C#N)cc4)cc(-c4ccc(/C=C/c5ccc(C)cc5)cc4)c3)cc21. The maximum absolute atomic E-state index is 9.57. The van der Waals surface area contributed by atoms with Gasteiger partial charge in [-0.15, -0.1) is 0 Å². The largest absolute Gasteiger partial charge is 0.192 e. The molecule has 6 aromatic carbocycles. The molecule has 0 amide bonds.